The molecule has 3 fully saturated rings. The molecule has 1 aromatic carbocycles. The van der Waals surface area contributed by atoms with E-state index in [9.17, 15) is 4.79 Å². The zero-order valence-corrected chi connectivity index (χ0v) is 14.3. The molecule has 1 saturated heterocycles. The number of aromatic nitrogens is 1. The van der Waals surface area contributed by atoms with Crippen molar-refractivity contribution < 1.29 is 9.53 Å². The van der Waals surface area contributed by atoms with Gasteiger partial charge in [0.1, 0.15) is 5.69 Å². The summed E-state index contributed by atoms with van der Waals surface area (Å²) in [6.07, 6.45) is 6.75. The van der Waals surface area contributed by atoms with Gasteiger partial charge in [0.15, 0.2) is 0 Å². The second-order valence-corrected chi connectivity index (χ2v) is 7.67. The summed E-state index contributed by atoms with van der Waals surface area (Å²) in [6.45, 7) is 0.825. The van der Waals surface area contributed by atoms with Crippen LogP contribution in [0.3, 0.4) is 0 Å². The van der Waals surface area contributed by atoms with Gasteiger partial charge in [0.2, 0.25) is 0 Å². The SMILES string of the molecule is O=C(N[C@@H]1[C@@H](Cc2ccccc2)[C@H]2OCC[C@@H]12)c1cccn1C1CC1. The molecule has 1 aliphatic heterocycles. The van der Waals surface area contributed by atoms with E-state index in [-0.39, 0.29) is 11.9 Å². The molecule has 130 valence electrons. The first kappa shape index (κ1) is 15.2. The minimum atomic E-state index is 0.0744. The number of carbonyl (C=O) groups excluding carboxylic acids is 1. The van der Waals surface area contributed by atoms with E-state index in [1.807, 2.05) is 24.4 Å². The summed E-state index contributed by atoms with van der Waals surface area (Å²) in [7, 11) is 0. The molecule has 5 rings (SSSR count). The highest BCUT2D eigenvalue weighted by Crippen LogP contribution is 2.45. The molecule has 0 radical (unpaired) electrons. The highest BCUT2D eigenvalue weighted by molar-refractivity contribution is 5.93. The van der Waals surface area contributed by atoms with Crippen LogP contribution in [0.5, 0.6) is 0 Å². The zero-order valence-electron chi connectivity index (χ0n) is 14.3. The lowest BCUT2D eigenvalue weighted by Gasteiger charge is -2.48. The van der Waals surface area contributed by atoms with Gasteiger partial charge in [-0.3, -0.25) is 4.79 Å². The second kappa shape index (κ2) is 6.03. The van der Waals surface area contributed by atoms with Crippen molar-refractivity contribution in [2.24, 2.45) is 11.8 Å². The van der Waals surface area contributed by atoms with Crippen molar-refractivity contribution in [2.75, 3.05) is 6.61 Å². The summed E-state index contributed by atoms with van der Waals surface area (Å²) < 4.78 is 8.10. The summed E-state index contributed by atoms with van der Waals surface area (Å²) in [5, 5.41) is 3.34. The normalized spacial score (nSPS) is 30.6. The van der Waals surface area contributed by atoms with E-state index in [1.54, 1.807) is 0 Å². The van der Waals surface area contributed by atoms with Gasteiger partial charge in [0.25, 0.3) is 5.91 Å². The Labute approximate surface area is 148 Å². The third-order valence-electron chi connectivity index (χ3n) is 6.09. The predicted molar refractivity (Wildman–Crippen MR) is 95.4 cm³/mol. The molecule has 0 spiro atoms. The Balaban J connectivity index is 1.32. The monoisotopic (exact) mass is 336 g/mol. The lowest BCUT2D eigenvalue weighted by Crippen LogP contribution is -2.62. The van der Waals surface area contributed by atoms with Crippen molar-refractivity contribution in [3.05, 3.63) is 59.9 Å². The average molecular weight is 336 g/mol. The van der Waals surface area contributed by atoms with Gasteiger partial charge in [-0.1, -0.05) is 30.3 Å². The lowest BCUT2D eigenvalue weighted by molar-refractivity contribution is -0.0528. The molecule has 4 atom stereocenters. The highest BCUT2D eigenvalue weighted by Gasteiger charge is 2.54. The van der Waals surface area contributed by atoms with Crippen molar-refractivity contribution >= 4 is 5.91 Å². The van der Waals surface area contributed by atoms with Gasteiger partial charge in [0, 0.05) is 36.7 Å². The molecule has 25 heavy (non-hydrogen) atoms. The van der Waals surface area contributed by atoms with Gasteiger partial charge in [-0.2, -0.15) is 0 Å². The fourth-order valence-electron chi connectivity index (χ4n) is 4.66. The van der Waals surface area contributed by atoms with Crippen LogP contribution in [0, 0.1) is 11.8 Å². The molecule has 4 nitrogen and oxygen atoms in total. The molecule has 2 heterocycles. The molecule has 2 aliphatic carbocycles. The second-order valence-electron chi connectivity index (χ2n) is 7.67. The van der Waals surface area contributed by atoms with E-state index in [0.717, 1.165) is 25.1 Å². The quantitative estimate of drug-likeness (QED) is 0.911. The number of rotatable bonds is 5. The third-order valence-corrected chi connectivity index (χ3v) is 6.09. The number of benzene rings is 1. The van der Waals surface area contributed by atoms with Gasteiger partial charge in [0.05, 0.1) is 6.10 Å². The smallest absolute Gasteiger partial charge is 0.268 e. The summed E-state index contributed by atoms with van der Waals surface area (Å²) in [6, 6.07) is 15.2. The number of ether oxygens (including phenoxy) is 1. The van der Waals surface area contributed by atoms with Crippen molar-refractivity contribution in [1.82, 2.24) is 9.88 Å². The molecule has 1 N–H and O–H groups in total. The minimum absolute atomic E-state index is 0.0744. The molecule has 3 aliphatic rings. The summed E-state index contributed by atoms with van der Waals surface area (Å²) in [5.41, 5.74) is 2.13. The van der Waals surface area contributed by atoms with E-state index >= 15 is 0 Å². The number of hydrogen-bond acceptors (Lipinski definition) is 2. The van der Waals surface area contributed by atoms with Crippen molar-refractivity contribution in [3.8, 4) is 0 Å². The number of hydrogen-bond donors (Lipinski definition) is 1. The minimum Gasteiger partial charge on any atom is -0.377 e. The van der Waals surface area contributed by atoms with E-state index in [2.05, 4.69) is 34.1 Å². The number of nitrogens with one attached hydrogen (secondary N) is 1. The molecule has 1 amide bonds. The molecular weight excluding hydrogens is 312 g/mol. The van der Waals surface area contributed by atoms with Crippen LogP contribution in [-0.4, -0.2) is 29.2 Å². The number of nitrogens with zero attached hydrogens (tertiary/aromatic N) is 1. The molecule has 2 saturated carbocycles. The van der Waals surface area contributed by atoms with Crippen molar-refractivity contribution in [1.29, 1.82) is 0 Å². The fraction of sp³-hybridized carbons (Fsp3) is 0.476. The topological polar surface area (TPSA) is 43.3 Å². The Bertz CT molecular complexity index is 765. The maximum absolute atomic E-state index is 12.9. The largest absolute Gasteiger partial charge is 0.377 e. The maximum atomic E-state index is 12.9. The number of carbonyl (C=O) groups is 1. The first-order valence-corrected chi connectivity index (χ1v) is 9.44. The first-order chi connectivity index (χ1) is 12.3. The van der Waals surface area contributed by atoms with E-state index in [4.69, 9.17) is 4.74 Å². The van der Waals surface area contributed by atoms with E-state index in [0.29, 0.717) is 24.0 Å². The molecule has 0 unspecified atom stereocenters. The Morgan fingerprint density at radius 1 is 1.12 bits per heavy atom. The zero-order chi connectivity index (χ0) is 16.8. The van der Waals surface area contributed by atoms with Crippen LogP contribution >= 0.6 is 0 Å². The maximum Gasteiger partial charge on any atom is 0.268 e. The van der Waals surface area contributed by atoms with Crippen LogP contribution in [0.25, 0.3) is 0 Å². The van der Waals surface area contributed by atoms with Crippen molar-refractivity contribution in [3.63, 3.8) is 0 Å². The molecule has 0 bridgehead atoms. The van der Waals surface area contributed by atoms with Gasteiger partial charge in [-0.05, 0) is 43.4 Å². The van der Waals surface area contributed by atoms with Gasteiger partial charge >= 0.3 is 0 Å². The molecule has 4 heteroatoms. The Morgan fingerprint density at radius 2 is 1.96 bits per heavy atom. The first-order valence-electron chi connectivity index (χ1n) is 9.44. The Kier molecular flexibility index (Phi) is 3.66. The molecule has 1 aromatic heterocycles. The molecule has 2 aromatic rings. The summed E-state index contributed by atoms with van der Waals surface area (Å²) in [5.74, 6) is 0.926. The Morgan fingerprint density at radius 3 is 2.76 bits per heavy atom. The van der Waals surface area contributed by atoms with Crippen LogP contribution in [-0.2, 0) is 11.2 Å². The van der Waals surface area contributed by atoms with E-state index < -0.39 is 0 Å². The number of amides is 1. The number of fused-ring (bicyclic) bond motifs is 1. The highest BCUT2D eigenvalue weighted by atomic mass is 16.5. The standard InChI is InChI=1S/C21H24N2O2/c24-21(18-7-4-11-23(18)15-8-9-15)22-19-16-10-12-25-20(16)17(19)13-14-5-2-1-3-6-14/h1-7,11,15-17,19-20H,8-10,12-13H2,(H,22,24)/t16-,17+,19-,20-/m0/s1. The Hall–Kier alpha value is -2.07. The van der Waals surface area contributed by atoms with Crippen LogP contribution in [0.1, 0.15) is 41.4 Å². The van der Waals surface area contributed by atoms with Gasteiger partial charge in [-0.25, -0.2) is 0 Å². The van der Waals surface area contributed by atoms with Crippen LogP contribution < -0.4 is 5.32 Å². The third kappa shape index (κ3) is 2.69. The summed E-state index contributed by atoms with van der Waals surface area (Å²) in [4.78, 5) is 12.9. The lowest BCUT2D eigenvalue weighted by atomic mass is 9.64. The molecular formula is C21H24N2O2. The van der Waals surface area contributed by atoms with Gasteiger partial charge < -0.3 is 14.6 Å². The average Bonchev–Trinajstić information content (AvgIpc) is 3.20. The van der Waals surface area contributed by atoms with Crippen LogP contribution in [0.4, 0.5) is 0 Å². The van der Waals surface area contributed by atoms with Crippen LogP contribution in [0.2, 0.25) is 0 Å². The van der Waals surface area contributed by atoms with Gasteiger partial charge in [-0.15, -0.1) is 0 Å². The fourth-order valence-corrected chi connectivity index (χ4v) is 4.66. The summed E-state index contributed by atoms with van der Waals surface area (Å²) >= 11 is 0. The van der Waals surface area contributed by atoms with Crippen LogP contribution in [0.15, 0.2) is 48.7 Å². The predicted octanol–water partition coefficient (Wildman–Crippen LogP) is 3.20. The van der Waals surface area contributed by atoms with Crippen molar-refractivity contribution in [2.45, 2.75) is 43.9 Å². The van der Waals surface area contributed by atoms with E-state index in [1.165, 1.54) is 18.4 Å².